The molecule has 0 radical (unpaired) electrons. The molecule has 9 heteroatoms. The van der Waals surface area contributed by atoms with E-state index in [9.17, 15) is 9.59 Å². The smallest absolute Gasteiger partial charge is 0.260 e. The average Bonchev–Trinajstić information content (AvgIpc) is 3.28. The third kappa shape index (κ3) is 5.94. The quantitative estimate of drug-likeness (QED) is 0.577. The highest BCUT2D eigenvalue weighted by Crippen LogP contribution is 2.26. The number of rotatable bonds is 7. The maximum Gasteiger partial charge on any atom is 0.260 e. The van der Waals surface area contributed by atoms with Gasteiger partial charge in [0.05, 0.1) is 6.54 Å². The van der Waals surface area contributed by atoms with E-state index in [2.05, 4.69) is 15.5 Å². The Morgan fingerprint density at radius 1 is 0.970 bits per heavy atom. The zero-order valence-electron chi connectivity index (χ0n) is 18.8. The van der Waals surface area contributed by atoms with Crippen molar-refractivity contribution < 1.29 is 14.3 Å². The lowest BCUT2D eigenvalue weighted by Crippen LogP contribution is -2.51. The van der Waals surface area contributed by atoms with Crippen molar-refractivity contribution in [1.82, 2.24) is 20.0 Å². The van der Waals surface area contributed by atoms with Gasteiger partial charge in [-0.1, -0.05) is 59.9 Å². The molecular weight excluding hydrogens is 438 g/mol. The number of hydrogen-bond donors (Lipinski definition) is 1. The number of nitrogens with one attached hydrogen (secondary N) is 1. The third-order valence-corrected chi connectivity index (χ3v) is 6.42. The van der Waals surface area contributed by atoms with Crippen molar-refractivity contribution in [3.63, 3.8) is 0 Å². The van der Waals surface area contributed by atoms with E-state index < -0.39 is 0 Å². The van der Waals surface area contributed by atoms with Gasteiger partial charge in [-0.25, -0.2) is 0 Å². The number of amides is 2. The summed E-state index contributed by atoms with van der Waals surface area (Å²) >= 11 is 1.35. The first-order valence-corrected chi connectivity index (χ1v) is 11.7. The van der Waals surface area contributed by atoms with E-state index in [1.54, 1.807) is 4.90 Å². The normalized spacial score (nSPS) is 14.2. The van der Waals surface area contributed by atoms with E-state index in [-0.39, 0.29) is 25.0 Å². The molecule has 4 rings (SSSR count). The molecule has 33 heavy (non-hydrogen) atoms. The van der Waals surface area contributed by atoms with Crippen LogP contribution in [0.1, 0.15) is 11.1 Å². The van der Waals surface area contributed by atoms with Crippen LogP contribution in [-0.4, -0.2) is 71.1 Å². The minimum Gasteiger partial charge on any atom is -0.483 e. The molecular formula is C24H27N5O3S. The van der Waals surface area contributed by atoms with Crippen LogP contribution in [0.3, 0.4) is 0 Å². The fourth-order valence-electron chi connectivity index (χ4n) is 3.74. The fraction of sp³-hybridized carbons (Fsp3) is 0.333. The second kappa shape index (κ2) is 10.5. The van der Waals surface area contributed by atoms with Crippen LogP contribution < -0.4 is 10.1 Å². The molecule has 1 aliphatic rings. The molecule has 172 valence electrons. The Balaban J connectivity index is 1.21. The first kappa shape index (κ1) is 22.9. The van der Waals surface area contributed by atoms with E-state index in [1.807, 2.05) is 67.3 Å². The number of hydrogen-bond acceptors (Lipinski definition) is 7. The summed E-state index contributed by atoms with van der Waals surface area (Å²) in [6, 6.07) is 15.7. The van der Waals surface area contributed by atoms with Gasteiger partial charge in [0.2, 0.25) is 11.0 Å². The van der Waals surface area contributed by atoms with Gasteiger partial charge in [0, 0.05) is 31.7 Å². The van der Waals surface area contributed by atoms with Gasteiger partial charge < -0.3 is 9.64 Å². The number of carbonyl (C=O) groups excluding carboxylic acids is 2. The number of anilines is 1. The Morgan fingerprint density at radius 3 is 2.36 bits per heavy atom. The Labute approximate surface area is 197 Å². The van der Waals surface area contributed by atoms with Gasteiger partial charge in [-0.3, -0.25) is 19.8 Å². The van der Waals surface area contributed by atoms with E-state index in [4.69, 9.17) is 4.74 Å². The lowest BCUT2D eigenvalue weighted by Gasteiger charge is -2.34. The number of nitrogens with zero attached hydrogens (tertiary/aromatic N) is 4. The number of piperazine rings is 1. The predicted octanol–water partition coefficient (Wildman–Crippen LogP) is 2.98. The second-order valence-electron chi connectivity index (χ2n) is 7.99. The largest absolute Gasteiger partial charge is 0.483 e. The Bertz CT molecular complexity index is 1090. The van der Waals surface area contributed by atoms with Crippen molar-refractivity contribution in [1.29, 1.82) is 0 Å². The Hall–Kier alpha value is -3.30. The van der Waals surface area contributed by atoms with Crippen LogP contribution in [0.2, 0.25) is 0 Å². The van der Waals surface area contributed by atoms with Crippen LogP contribution in [-0.2, 0) is 9.59 Å². The Kier molecular flexibility index (Phi) is 7.31. The maximum absolute atomic E-state index is 12.6. The molecule has 0 saturated carbocycles. The molecule has 0 bridgehead atoms. The minimum atomic E-state index is -0.135. The van der Waals surface area contributed by atoms with Crippen molar-refractivity contribution in [2.24, 2.45) is 0 Å². The van der Waals surface area contributed by atoms with E-state index in [0.717, 1.165) is 27.4 Å². The molecule has 2 heterocycles. The summed E-state index contributed by atoms with van der Waals surface area (Å²) in [6.45, 7) is 6.62. The average molecular weight is 466 g/mol. The molecule has 0 atom stereocenters. The van der Waals surface area contributed by atoms with Gasteiger partial charge in [-0.15, -0.1) is 10.2 Å². The van der Waals surface area contributed by atoms with Crippen LogP contribution in [0, 0.1) is 13.8 Å². The zero-order valence-corrected chi connectivity index (χ0v) is 19.6. The first-order valence-electron chi connectivity index (χ1n) is 10.9. The molecule has 2 aromatic carbocycles. The molecule has 0 spiro atoms. The highest BCUT2D eigenvalue weighted by atomic mass is 32.1. The first-order chi connectivity index (χ1) is 16.0. The van der Waals surface area contributed by atoms with Crippen LogP contribution in [0.5, 0.6) is 5.75 Å². The summed E-state index contributed by atoms with van der Waals surface area (Å²) in [5, 5.41) is 12.3. The van der Waals surface area contributed by atoms with Gasteiger partial charge in [0.15, 0.2) is 6.61 Å². The molecule has 0 aliphatic carbocycles. The van der Waals surface area contributed by atoms with Crippen molar-refractivity contribution in [3.8, 4) is 16.3 Å². The molecule has 1 N–H and O–H groups in total. The van der Waals surface area contributed by atoms with Crippen molar-refractivity contribution in [3.05, 3.63) is 59.7 Å². The number of aryl methyl sites for hydroxylation is 2. The lowest BCUT2D eigenvalue weighted by molar-refractivity contribution is -0.135. The summed E-state index contributed by atoms with van der Waals surface area (Å²) in [5.74, 6) is 0.598. The molecule has 0 unspecified atom stereocenters. The van der Waals surface area contributed by atoms with Crippen LogP contribution in [0.25, 0.3) is 10.6 Å². The number of ether oxygens (including phenoxy) is 1. The summed E-state index contributed by atoms with van der Waals surface area (Å²) < 4.78 is 5.79. The Morgan fingerprint density at radius 2 is 1.67 bits per heavy atom. The SMILES string of the molecule is Cc1cccc(C)c1OCC(=O)N1CCN(CC(=O)Nc2nnc(-c3ccccc3)s2)CC1. The molecule has 2 amide bonds. The zero-order chi connectivity index (χ0) is 23.2. The maximum atomic E-state index is 12.6. The lowest BCUT2D eigenvalue weighted by atomic mass is 10.1. The van der Waals surface area contributed by atoms with Crippen molar-refractivity contribution in [2.45, 2.75) is 13.8 Å². The molecule has 1 fully saturated rings. The second-order valence-corrected chi connectivity index (χ2v) is 8.97. The minimum absolute atomic E-state index is 0.0208. The van der Waals surface area contributed by atoms with Gasteiger partial charge in [0.25, 0.3) is 5.91 Å². The van der Waals surface area contributed by atoms with E-state index >= 15 is 0 Å². The molecule has 1 aromatic heterocycles. The predicted molar refractivity (Wildman–Crippen MR) is 128 cm³/mol. The van der Waals surface area contributed by atoms with Gasteiger partial charge >= 0.3 is 0 Å². The fourth-order valence-corrected chi connectivity index (χ4v) is 4.51. The van der Waals surface area contributed by atoms with E-state index in [0.29, 0.717) is 31.3 Å². The topological polar surface area (TPSA) is 87.7 Å². The number of para-hydroxylation sites is 1. The monoisotopic (exact) mass is 465 g/mol. The van der Waals surface area contributed by atoms with Crippen molar-refractivity contribution >= 4 is 28.3 Å². The molecule has 1 saturated heterocycles. The number of benzene rings is 2. The highest BCUT2D eigenvalue weighted by molar-refractivity contribution is 7.18. The summed E-state index contributed by atoms with van der Waals surface area (Å²) in [7, 11) is 0. The summed E-state index contributed by atoms with van der Waals surface area (Å²) in [5.41, 5.74) is 3.01. The number of carbonyl (C=O) groups is 2. The van der Waals surface area contributed by atoms with Crippen molar-refractivity contribution in [2.75, 3.05) is 44.6 Å². The highest BCUT2D eigenvalue weighted by Gasteiger charge is 2.23. The van der Waals surface area contributed by atoms with E-state index in [1.165, 1.54) is 11.3 Å². The standard InChI is InChI=1S/C24H27N5O3S/c1-17-7-6-8-18(2)22(17)32-16-21(31)29-13-11-28(12-14-29)15-20(30)25-24-27-26-23(33-24)19-9-4-3-5-10-19/h3-10H,11-16H2,1-2H3,(H,25,27,30). The van der Waals surface area contributed by atoms with Gasteiger partial charge in [0.1, 0.15) is 10.8 Å². The van der Waals surface area contributed by atoms with Crippen LogP contribution in [0.4, 0.5) is 5.13 Å². The van der Waals surface area contributed by atoms with Gasteiger partial charge in [-0.2, -0.15) is 0 Å². The van der Waals surface area contributed by atoms with Crippen LogP contribution in [0.15, 0.2) is 48.5 Å². The summed E-state index contributed by atoms with van der Waals surface area (Å²) in [4.78, 5) is 28.8. The molecule has 1 aliphatic heterocycles. The number of aromatic nitrogens is 2. The third-order valence-electron chi connectivity index (χ3n) is 5.53. The van der Waals surface area contributed by atoms with Gasteiger partial charge in [-0.05, 0) is 25.0 Å². The molecule has 8 nitrogen and oxygen atoms in total. The molecule has 3 aromatic rings. The summed E-state index contributed by atoms with van der Waals surface area (Å²) in [6.07, 6.45) is 0. The van der Waals surface area contributed by atoms with Crippen LogP contribution >= 0.6 is 11.3 Å².